The van der Waals surface area contributed by atoms with Crippen LogP contribution in [-0.2, 0) is 42.6 Å². The number of methoxy groups -OCH3 is 1. The maximum absolute atomic E-state index is 11.5. The number of carbonyl (C=O) groups is 4. The summed E-state index contributed by atoms with van der Waals surface area (Å²) >= 11 is 0. The van der Waals surface area contributed by atoms with Crippen molar-refractivity contribution in [3.8, 4) is 0 Å². The van der Waals surface area contributed by atoms with E-state index < -0.39 is 37.3 Å². The van der Waals surface area contributed by atoms with E-state index in [-0.39, 0.29) is 6.61 Å². The first-order valence-corrected chi connectivity index (χ1v) is 4.92. The Morgan fingerprint density at radius 3 is 2.37 bits per heavy atom. The van der Waals surface area contributed by atoms with Crippen LogP contribution in [0.15, 0.2) is 12.7 Å². The predicted molar refractivity (Wildman–Crippen MR) is 56.0 cm³/mol. The zero-order valence-electron chi connectivity index (χ0n) is 9.82. The maximum Gasteiger partial charge on any atom is 0.793 e. The third kappa shape index (κ3) is 3.81. The molecule has 102 valence electrons. The Morgan fingerprint density at radius 1 is 1.32 bits per heavy atom. The molecular weight excluding hydrogens is 263 g/mol. The van der Waals surface area contributed by atoms with Crippen LogP contribution >= 0.6 is 0 Å². The number of hydrogen-bond donors (Lipinski definition) is 0. The molecule has 1 unspecified atom stereocenters. The molecule has 10 heteroatoms. The topological polar surface area (TPSA) is 114 Å². The van der Waals surface area contributed by atoms with Crippen molar-refractivity contribution < 1.29 is 42.6 Å². The van der Waals surface area contributed by atoms with Crippen LogP contribution in [0, 0.1) is 0 Å². The lowest BCUT2D eigenvalue weighted by Crippen LogP contribution is -2.41. The van der Waals surface area contributed by atoms with Crippen LogP contribution in [0.25, 0.3) is 0 Å². The first kappa shape index (κ1) is 14.7. The number of rotatable bonds is 6. The Kier molecular flexibility index (Phi) is 5.06. The van der Waals surface area contributed by atoms with Gasteiger partial charge in [0.2, 0.25) is 6.10 Å². The molecule has 1 saturated heterocycles. The summed E-state index contributed by atoms with van der Waals surface area (Å²) in [5.74, 6) is -4.81. The predicted octanol–water partition coefficient (Wildman–Crippen LogP) is -1.64. The van der Waals surface area contributed by atoms with Crippen LogP contribution in [0.1, 0.15) is 0 Å². The van der Waals surface area contributed by atoms with E-state index in [1.807, 2.05) is 0 Å². The molecule has 1 fully saturated rings. The molecule has 0 aromatic carbocycles. The molecule has 19 heavy (non-hydrogen) atoms. The highest BCUT2D eigenvalue weighted by Crippen LogP contribution is 2.09. The van der Waals surface area contributed by atoms with E-state index in [9.17, 15) is 19.2 Å². The quantitative estimate of drug-likeness (QED) is 0.184. The molecule has 1 aliphatic rings. The molecule has 0 aromatic rings. The Hall–Kier alpha value is -2.36. The van der Waals surface area contributed by atoms with E-state index in [0.717, 1.165) is 7.11 Å². The summed E-state index contributed by atoms with van der Waals surface area (Å²) in [5.41, 5.74) is 0. The second-order valence-corrected chi connectivity index (χ2v) is 3.06. The molecule has 1 rings (SSSR count). The Bertz CT molecular complexity index is 402. The van der Waals surface area contributed by atoms with Gasteiger partial charge in [-0.2, -0.15) is 0 Å². The standard InChI is InChI=1S/C9H9BO9/c1-3-4-16-7(12)5(6(11)15-2)17-10-18-8(13)9(14)19-10/h3,5H,1,4H2,2H3. The molecule has 0 spiro atoms. The van der Waals surface area contributed by atoms with Gasteiger partial charge in [-0.05, 0) is 0 Å². The van der Waals surface area contributed by atoms with E-state index >= 15 is 0 Å². The first-order chi connectivity index (χ1) is 8.99. The lowest BCUT2D eigenvalue weighted by molar-refractivity contribution is -0.166. The molecule has 9 nitrogen and oxygen atoms in total. The van der Waals surface area contributed by atoms with E-state index in [1.54, 1.807) is 0 Å². The zero-order valence-corrected chi connectivity index (χ0v) is 9.82. The van der Waals surface area contributed by atoms with Crippen LogP contribution < -0.4 is 0 Å². The van der Waals surface area contributed by atoms with Crippen LogP contribution in [0.3, 0.4) is 0 Å². The maximum atomic E-state index is 11.5. The molecule has 1 aliphatic heterocycles. The molecule has 1 atom stereocenters. The fourth-order valence-electron chi connectivity index (χ4n) is 0.993. The van der Waals surface area contributed by atoms with Gasteiger partial charge in [-0.15, -0.1) is 0 Å². The number of esters is 2. The summed E-state index contributed by atoms with van der Waals surface area (Å²) < 4.78 is 22.1. The largest absolute Gasteiger partial charge is 0.793 e. The van der Waals surface area contributed by atoms with Gasteiger partial charge in [-0.25, -0.2) is 19.2 Å². The monoisotopic (exact) mass is 272 g/mol. The lowest BCUT2D eigenvalue weighted by atomic mass is 10.2. The summed E-state index contributed by atoms with van der Waals surface area (Å²) in [5, 5.41) is 0. The molecule has 1 heterocycles. The summed E-state index contributed by atoms with van der Waals surface area (Å²) in [7, 11) is -0.799. The summed E-state index contributed by atoms with van der Waals surface area (Å²) in [4.78, 5) is 44.2. The van der Waals surface area contributed by atoms with Crippen LogP contribution in [0.5, 0.6) is 0 Å². The second-order valence-electron chi connectivity index (χ2n) is 3.06. The van der Waals surface area contributed by atoms with Crippen molar-refractivity contribution in [1.29, 1.82) is 0 Å². The minimum atomic E-state index is -1.85. The molecule has 0 aliphatic carbocycles. The number of hydrogen-bond acceptors (Lipinski definition) is 9. The third-order valence-electron chi connectivity index (χ3n) is 1.79. The van der Waals surface area contributed by atoms with Gasteiger partial charge in [0.25, 0.3) is 0 Å². The van der Waals surface area contributed by atoms with Gasteiger partial charge in [0.1, 0.15) is 6.61 Å². The average molecular weight is 272 g/mol. The van der Waals surface area contributed by atoms with E-state index in [2.05, 4.69) is 25.4 Å². The minimum Gasteiger partial charge on any atom is -0.467 e. The SMILES string of the molecule is C=CCOC(=O)C(OB1OC(=O)C(=O)O1)C(=O)OC. The Labute approximate surface area is 107 Å². The van der Waals surface area contributed by atoms with Crippen molar-refractivity contribution in [1.82, 2.24) is 0 Å². The highest BCUT2D eigenvalue weighted by Gasteiger charge is 2.48. The van der Waals surface area contributed by atoms with Crippen molar-refractivity contribution in [3.63, 3.8) is 0 Å². The molecule has 0 saturated carbocycles. The molecule has 0 radical (unpaired) electrons. The highest BCUT2D eigenvalue weighted by atomic mass is 16.8. The summed E-state index contributed by atoms with van der Waals surface area (Å²) in [6.07, 6.45) is -0.587. The number of carbonyl (C=O) groups excluding carboxylic acids is 4. The van der Waals surface area contributed by atoms with Crippen LogP contribution in [0.4, 0.5) is 0 Å². The van der Waals surface area contributed by atoms with Crippen molar-refractivity contribution in [3.05, 3.63) is 12.7 Å². The molecule has 0 bridgehead atoms. The van der Waals surface area contributed by atoms with E-state index in [1.165, 1.54) is 6.08 Å². The molecule has 0 amide bonds. The van der Waals surface area contributed by atoms with Gasteiger partial charge < -0.3 is 23.4 Å². The van der Waals surface area contributed by atoms with Crippen molar-refractivity contribution >= 4 is 31.2 Å². The average Bonchev–Trinajstić information content (AvgIpc) is 2.71. The molecule has 0 aromatic heterocycles. The van der Waals surface area contributed by atoms with Crippen molar-refractivity contribution in [2.45, 2.75) is 6.10 Å². The van der Waals surface area contributed by atoms with Gasteiger partial charge in [0.15, 0.2) is 0 Å². The molecular formula is C9H9BO9. The Balaban J connectivity index is 2.67. The van der Waals surface area contributed by atoms with Gasteiger partial charge in [0, 0.05) is 0 Å². The fourth-order valence-corrected chi connectivity index (χ4v) is 0.993. The normalized spacial score (nSPS) is 15.3. The highest BCUT2D eigenvalue weighted by molar-refractivity contribution is 6.56. The van der Waals surface area contributed by atoms with Crippen molar-refractivity contribution in [2.75, 3.05) is 13.7 Å². The van der Waals surface area contributed by atoms with Crippen molar-refractivity contribution in [2.24, 2.45) is 0 Å². The van der Waals surface area contributed by atoms with Gasteiger partial charge in [-0.3, -0.25) is 0 Å². The lowest BCUT2D eigenvalue weighted by Gasteiger charge is -2.14. The van der Waals surface area contributed by atoms with Gasteiger partial charge in [0.05, 0.1) is 7.11 Å². The second kappa shape index (κ2) is 6.54. The van der Waals surface area contributed by atoms with E-state index in [4.69, 9.17) is 4.65 Å². The van der Waals surface area contributed by atoms with Crippen LogP contribution in [0.2, 0.25) is 0 Å². The first-order valence-electron chi connectivity index (χ1n) is 4.92. The third-order valence-corrected chi connectivity index (χ3v) is 1.79. The smallest absolute Gasteiger partial charge is 0.467 e. The zero-order chi connectivity index (χ0) is 14.4. The Morgan fingerprint density at radius 2 is 1.89 bits per heavy atom. The number of ether oxygens (including phenoxy) is 2. The van der Waals surface area contributed by atoms with E-state index in [0.29, 0.717) is 0 Å². The van der Waals surface area contributed by atoms with Gasteiger partial charge >= 0.3 is 31.2 Å². The van der Waals surface area contributed by atoms with Gasteiger partial charge in [-0.1, -0.05) is 12.7 Å². The fraction of sp³-hybridized carbons (Fsp3) is 0.333. The van der Waals surface area contributed by atoms with Crippen LogP contribution in [-0.4, -0.2) is 51.0 Å². The summed E-state index contributed by atoms with van der Waals surface area (Å²) in [6.45, 7) is 3.14. The molecule has 0 N–H and O–H groups in total. The summed E-state index contributed by atoms with van der Waals surface area (Å²) in [6, 6.07) is 0. The minimum absolute atomic E-state index is 0.167.